The first kappa shape index (κ1) is 11.7. The number of rotatable bonds is 5. The predicted octanol–water partition coefficient (Wildman–Crippen LogP) is 0.764. The van der Waals surface area contributed by atoms with E-state index in [4.69, 9.17) is 4.42 Å². The third kappa shape index (κ3) is 2.65. The maximum Gasteiger partial charge on any atom is 0.297 e. The molecular weight excluding hydrogens is 218 g/mol. The van der Waals surface area contributed by atoms with E-state index in [0.717, 1.165) is 11.5 Å². The quantitative estimate of drug-likeness (QED) is 0.829. The van der Waals surface area contributed by atoms with Gasteiger partial charge in [-0.15, -0.1) is 0 Å². The number of hydrogen-bond donors (Lipinski definition) is 1. The summed E-state index contributed by atoms with van der Waals surface area (Å²) in [7, 11) is 5.79. The lowest BCUT2D eigenvalue weighted by Gasteiger charge is -2.13. The maximum absolute atomic E-state index is 5.41. The van der Waals surface area contributed by atoms with Gasteiger partial charge in [-0.25, -0.2) is 4.98 Å². The highest BCUT2D eigenvalue weighted by molar-refractivity contribution is 5.25. The second-order valence-electron chi connectivity index (χ2n) is 3.96. The second-order valence-corrected chi connectivity index (χ2v) is 3.96. The Morgan fingerprint density at radius 3 is 3.00 bits per heavy atom. The fraction of sp³-hybridized carbons (Fsp3) is 0.455. The highest BCUT2D eigenvalue weighted by Crippen LogP contribution is 2.14. The topological polar surface area (TPSA) is 59.1 Å². The normalized spacial score (nSPS) is 10.8. The van der Waals surface area contributed by atoms with Crippen molar-refractivity contribution in [2.45, 2.75) is 13.1 Å². The van der Waals surface area contributed by atoms with Crippen LogP contribution in [0, 0.1) is 0 Å². The highest BCUT2D eigenvalue weighted by Gasteiger charge is 2.11. The van der Waals surface area contributed by atoms with Crippen LogP contribution in [0.2, 0.25) is 0 Å². The van der Waals surface area contributed by atoms with Crippen LogP contribution >= 0.6 is 0 Å². The van der Waals surface area contributed by atoms with Crippen LogP contribution in [0.15, 0.2) is 23.1 Å². The average molecular weight is 235 g/mol. The molecular formula is C11H17N5O. The van der Waals surface area contributed by atoms with Crippen LogP contribution in [0.5, 0.6) is 0 Å². The van der Waals surface area contributed by atoms with Crippen LogP contribution in [0.4, 0.5) is 6.01 Å². The third-order valence-electron chi connectivity index (χ3n) is 2.52. The molecule has 0 bridgehead atoms. The lowest BCUT2D eigenvalue weighted by atomic mass is 10.5. The van der Waals surface area contributed by atoms with Crippen molar-refractivity contribution < 1.29 is 4.42 Å². The Hall–Kier alpha value is -1.82. The highest BCUT2D eigenvalue weighted by atomic mass is 16.4. The molecule has 1 N–H and O–H groups in total. The van der Waals surface area contributed by atoms with Crippen LogP contribution < -0.4 is 10.2 Å². The summed E-state index contributed by atoms with van der Waals surface area (Å²) < 4.78 is 7.39. The predicted molar refractivity (Wildman–Crippen MR) is 64.6 cm³/mol. The average Bonchev–Trinajstić information content (AvgIpc) is 2.90. The summed E-state index contributed by atoms with van der Waals surface area (Å²) in [5.41, 5.74) is 0.897. The molecule has 2 heterocycles. The van der Waals surface area contributed by atoms with Crippen LogP contribution in [0.25, 0.3) is 0 Å². The van der Waals surface area contributed by atoms with E-state index in [1.54, 1.807) is 12.5 Å². The molecule has 0 radical (unpaired) electrons. The molecule has 2 rings (SSSR count). The molecule has 0 amide bonds. The molecule has 0 saturated carbocycles. The lowest BCUT2D eigenvalue weighted by molar-refractivity contribution is 0.539. The molecule has 2 aromatic heterocycles. The Balaban J connectivity index is 2.04. The fourth-order valence-corrected chi connectivity index (χ4v) is 1.56. The maximum atomic E-state index is 5.41. The van der Waals surface area contributed by atoms with Crippen molar-refractivity contribution in [1.29, 1.82) is 0 Å². The van der Waals surface area contributed by atoms with Crippen LogP contribution in [-0.4, -0.2) is 28.6 Å². The number of aryl methyl sites for hydroxylation is 1. The molecule has 6 heteroatoms. The SMILES string of the molecule is CNCc1coc(N(C)Cc2nccn2C)n1. The van der Waals surface area contributed by atoms with E-state index < -0.39 is 0 Å². The molecule has 0 fully saturated rings. The van der Waals surface area contributed by atoms with E-state index in [9.17, 15) is 0 Å². The number of nitrogens with zero attached hydrogens (tertiary/aromatic N) is 4. The Kier molecular flexibility index (Phi) is 3.43. The van der Waals surface area contributed by atoms with Crippen LogP contribution in [0.3, 0.4) is 0 Å². The minimum atomic E-state index is 0.609. The van der Waals surface area contributed by atoms with Crippen molar-refractivity contribution in [2.75, 3.05) is 19.0 Å². The largest absolute Gasteiger partial charge is 0.432 e. The van der Waals surface area contributed by atoms with Gasteiger partial charge < -0.3 is 19.2 Å². The van der Waals surface area contributed by atoms with Gasteiger partial charge in [0.15, 0.2) is 0 Å². The minimum absolute atomic E-state index is 0.609. The summed E-state index contributed by atoms with van der Waals surface area (Å²) in [6.07, 6.45) is 5.37. The van der Waals surface area contributed by atoms with Gasteiger partial charge in [-0.05, 0) is 7.05 Å². The first-order valence-electron chi connectivity index (χ1n) is 5.47. The third-order valence-corrected chi connectivity index (χ3v) is 2.52. The second kappa shape index (κ2) is 5.01. The van der Waals surface area contributed by atoms with Gasteiger partial charge in [-0.2, -0.15) is 4.98 Å². The minimum Gasteiger partial charge on any atom is -0.432 e. The Labute approximate surface area is 100 Å². The van der Waals surface area contributed by atoms with Crippen molar-refractivity contribution in [1.82, 2.24) is 19.9 Å². The molecule has 2 aromatic rings. The molecule has 92 valence electrons. The van der Waals surface area contributed by atoms with Crippen molar-refractivity contribution in [3.8, 4) is 0 Å². The molecule has 0 saturated heterocycles. The number of imidazole rings is 1. The molecule has 0 aliphatic heterocycles. The number of oxazole rings is 1. The number of aromatic nitrogens is 3. The van der Waals surface area contributed by atoms with E-state index in [0.29, 0.717) is 19.1 Å². The molecule has 0 aromatic carbocycles. The fourth-order valence-electron chi connectivity index (χ4n) is 1.56. The summed E-state index contributed by atoms with van der Waals surface area (Å²) in [4.78, 5) is 10.6. The van der Waals surface area contributed by atoms with Crippen LogP contribution in [0.1, 0.15) is 11.5 Å². The molecule has 0 aliphatic rings. The van der Waals surface area contributed by atoms with Crippen molar-refractivity contribution in [3.63, 3.8) is 0 Å². The van der Waals surface area contributed by atoms with Gasteiger partial charge in [0, 0.05) is 33.0 Å². The van der Waals surface area contributed by atoms with Crippen LogP contribution in [-0.2, 0) is 20.1 Å². The summed E-state index contributed by atoms with van der Waals surface area (Å²) in [5.74, 6) is 0.973. The molecule has 6 nitrogen and oxygen atoms in total. The van der Waals surface area contributed by atoms with E-state index >= 15 is 0 Å². The Morgan fingerprint density at radius 2 is 2.35 bits per heavy atom. The Bertz CT molecular complexity index is 476. The van der Waals surface area contributed by atoms with Gasteiger partial charge in [0.1, 0.15) is 12.1 Å². The van der Waals surface area contributed by atoms with E-state index in [1.807, 2.05) is 36.8 Å². The zero-order valence-electron chi connectivity index (χ0n) is 10.3. The summed E-state index contributed by atoms with van der Waals surface area (Å²) in [5, 5.41) is 3.03. The zero-order chi connectivity index (χ0) is 12.3. The van der Waals surface area contributed by atoms with Gasteiger partial charge in [0.05, 0.1) is 12.2 Å². The first-order valence-corrected chi connectivity index (χ1v) is 5.47. The van der Waals surface area contributed by atoms with Crippen molar-refractivity contribution >= 4 is 6.01 Å². The van der Waals surface area contributed by atoms with E-state index in [2.05, 4.69) is 15.3 Å². The molecule has 0 aliphatic carbocycles. The summed E-state index contributed by atoms with van der Waals surface area (Å²) in [6.45, 7) is 1.38. The smallest absolute Gasteiger partial charge is 0.297 e. The number of anilines is 1. The van der Waals surface area contributed by atoms with Crippen molar-refractivity contribution in [2.24, 2.45) is 7.05 Å². The van der Waals surface area contributed by atoms with Gasteiger partial charge in [-0.3, -0.25) is 0 Å². The number of hydrogen-bond acceptors (Lipinski definition) is 5. The molecule has 0 spiro atoms. The van der Waals surface area contributed by atoms with E-state index in [1.165, 1.54) is 0 Å². The van der Waals surface area contributed by atoms with E-state index in [-0.39, 0.29) is 0 Å². The summed E-state index contributed by atoms with van der Waals surface area (Å²) in [6, 6.07) is 0.609. The zero-order valence-corrected chi connectivity index (χ0v) is 10.3. The lowest BCUT2D eigenvalue weighted by Crippen LogP contribution is -2.19. The first-order chi connectivity index (χ1) is 8.20. The molecule has 17 heavy (non-hydrogen) atoms. The summed E-state index contributed by atoms with van der Waals surface area (Å²) >= 11 is 0. The van der Waals surface area contributed by atoms with Gasteiger partial charge in [-0.1, -0.05) is 0 Å². The number of nitrogens with one attached hydrogen (secondary N) is 1. The monoisotopic (exact) mass is 235 g/mol. The Morgan fingerprint density at radius 1 is 1.53 bits per heavy atom. The van der Waals surface area contributed by atoms with Gasteiger partial charge in [0.2, 0.25) is 0 Å². The molecule has 0 unspecified atom stereocenters. The van der Waals surface area contributed by atoms with Crippen molar-refractivity contribution in [3.05, 3.63) is 30.2 Å². The van der Waals surface area contributed by atoms with Gasteiger partial charge >= 0.3 is 0 Å². The van der Waals surface area contributed by atoms with Gasteiger partial charge in [0.25, 0.3) is 6.01 Å². The standard InChI is InChI=1S/C11H17N5O/c1-12-6-9-8-17-11(14-9)16(3)7-10-13-4-5-15(10)2/h4-5,8,12H,6-7H2,1-3H3. The molecule has 0 atom stereocenters.